The van der Waals surface area contributed by atoms with Crippen LogP contribution in [0.5, 0.6) is 0 Å². The van der Waals surface area contributed by atoms with Gasteiger partial charge in [-0.25, -0.2) is 18.1 Å². The quantitative estimate of drug-likeness (QED) is 0.642. The number of amides is 1. The standard InChI is InChI=1S/C10H16N4O3S/c1-11-9-7-8(3-4-13-9)10(15)14-5-6-18(16,17)12-2/h3-4,7,12H,5-6H2,1-2H3,(H,11,13)(H,14,15). The van der Waals surface area contributed by atoms with E-state index < -0.39 is 10.0 Å². The number of rotatable bonds is 6. The van der Waals surface area contributed by atoms with Gasteiger partial charge in [0.25, 0.3) is 5.91 Å². The number of pyridine rings is 1. The summed E-state index contributed by atoms with van der Waals surface area (Å²) in [4.78, 5) is 15.7. The Morgan fingerprint density at radius 2 is 2.11 bits per heavy atom. The minimum atomic E-state index is -3.30. The van der Waals surface area contributed by atoms with E-state index in [4.69, 9.17) is 0 Å². The van der Waals surface area contributed by atoms with Crippen LogP contribution in [0.4, 0.5) is 5.82 Å². The van der Waals surface area contributed by atoms with Gasteiger partial charge in [0.1, 0.15) is 5.82 Å². The van der Waals surface area contributed by atoms with Gasteiger partial charge < -0.3 is 10.6 Å². The van der Waals surface area contributed by atoms with Crippen LogP contribution in [-0.4, -0.2) is 45.7 Å². The third-order valence-electron chi connectivity index (χ3n) is 2.25. The number of aromatic nitrogens is 1. The van der Waals surface area contributed by atoms with Gasteiger partial charge in [0.2, 0.25) is 10.0 Å². The Morgan fingerprint density at radius 3 is 2.72 bits per heavy atom. The van der Waals surface area contributed by atoms with Crippen LogP contribution in [0.15, 0.2) is 18.3 Å². The van der Waals surface area contributed by atoms with Crippen molar-refractivity contribution in [2.24, 2.45) is 0 Å². The van der Waals surface area contributed by atoms with Crippen molar-refractivity contribution in [3.8, 4) is 0 Å². The molecule has 0 saturated heterocycles. The molecule has 0 aromatic carbocycles. The average Bonchev–Trinajstić information content (AvgIpc) is 2.38. The van der Waals surface area contributed by atoms with E-state index >= 15 is 0 Å². The number of hydrogen-bond acceptors (Lipinski definition) is 5. The highest BCUT2D eigenvalue weighted by Crippen LogP contribution is 2.05. The molecular formula is C10H16N4O3S. The Bertz CT molecular complexity index is 516. The molecule has 1 rings (SSSR count). The second kappa shape index (κ2) is 6.31. The van der Waals surface area contributed by atoms with Crippen molar-refractivity contribution in [2.75, 3.05) is 31.7 Å². The third kappa shape index (κ3) is 4.30. The molecule has 1 aromatic rings. The zero-order valence-electron chi connectivity index (χ0n) is 10.2. The number of nitrogens with one attached hydrogen (secondary N) is 3. The predicted octanol–water partition coefficient (Wildman–Crippen LogP) is -0.598. The topological polar surface area (TPSA) is 100 Å². The molecule has 1 aromatic heterocycles. The monoisotopic (exact) mass is 272 g/mol. The molecule has 0 aliphatic heterocycles. The lowest BCUT2D eigenvalue weighted by Gasteiger charge is -2.06. The fourth-order valence-corrected chi connectivity index (χ4v) is 1.79. The van der Waals surface area contributed by atoms with Crippen molar-refractivity contribution in [2.45, 2.75) is 0 Å². The summed E-state index contributed by atoms with van der Waals surface area (Å²) in [6.45, 7) is 0.0548. The van der Waals surface area contributed by atoms with Crippen molar-refractivity contribution in [3.63, 3.8) is 0 Å². The first kappa shape index (κ1) is 14.4. The highest BCUT2D eigenvalue weighted by molar-refractivity contribution is 7.89. The fraction of sp³-hybridized carbons (Fsp3) is 0.400. The van der Waals surface area contributed by atoms with Crippen molar-refractivity contribution in [1.29, 1.82) is 0 Å². The largest absolute Gasteiger partial charge is 0.373 e. The van der Waals surface area contributed by atoms with Gasteiger partial charge in [0.15, 0.2) is 0 Å². The van der Waals surface area contributed by atoms with E-state index in [0.717, 1.165) is 0 Å². The fourth-order valence-electron chi connectivity index (χ4n) is 1.21. The van der Waals surface area contributed by atoms with Gasteiger partial charge in [0.05, 0.1) is 5.75 Å². The second-order valence-corrected chi connectivity index (χ2v) is 5.50. The molecule has 0 bridgehead atoms. The summed E-state index contributed by atoms with van der Waals surface area (Å²) in [5.41, 5.74) is 0.427. The van der Waals surface area contributed by atoms with E-state index in [2.05, 4.69) is 20.3 Å². The maximum atomic E-state index is 11.7. The maximum Gasteiger partial charge on any atom is 0.251 e. The number of nitrogens with zero attached hydrogens (tertiary/aromatic N) is 1. The van der Waals surface area contributed by atoms with Crippen LogP contribution in [0.2, 0.25) is 0 Å². The normalized spacial score (nSPS) is 11.0. The Morgan fingerprint density at radius 1 is 1.39 bits per heavy atom. The number of carbonyl (C=O) groups excluding carboxylic acids is 1. The van der Waals surface area contributed by atoms with E-state index in [9.17, 15) is 13.2 Å². The summed E-state index contributed by atoms with van der Waals surface area (Å²) >= 11 is 0. The molecule has 7 nitrogen and oxygen atoms in total. The average molecular weight is 272 g/mol. The van der Waals surface area contributed by atoms with E-state index in [0.29, 0.717) is 11.4 Å². The molecule has 0 spiro atoms. The van der Waals surface area contributed by atoms with Crippen LogP contribution in [-0.2, 0) is 10.0 Å². The van der Waals surface area contributed by atoms with Gasteiger partial charge in [-0.05, 0) is 19.2 Å². The molecule has 3 N–H and O–H groups in total. The first-order valence-corrected chi connectivity index (χ1v) is 6.97. The Kier molecular flexibility index (Phi) is 5.05. The smallest absolute Gasteiger partial charge is 0.251 e. The molecule has 1 heterocycles. The van der Waals surface area contributed by atoms with Gasteiger partial charge >= 0.3 is 0 Å². The summed E-state index contributed by atoms with van der Waals surface area (Å²) in [7, 11) is -0.269. The van der Waals surface area contributed by atoms with Gasteiger partial charge in [-0.3, -0.25) is 4.79 Å². The van der Waals surface area contributed by atoms with E-state index in [1.165, 1.54) is 13.2 Å². The molecule has 1 amide bonds. The van der Waals surface area contributed by atoms with Gasteiger partial charge in [0, 0.05) is 25.4 Å². The zero-order chi connectivity index (χ0) is 13.6. The van der Waals surface area contributed by atoms with Crippen LogP contribution in [0.25, 0.3) is 0 Å². The number of sulfonamides is 1. The van der Waals surface area contributed by atoms with E-state index in [1.54, 1.807) is 19.2 Å². The summed E-state index contributed by atoms with van der Waals surface area (Å²) < 4.78 is 24.4. The summed E-state index contributed by atoms with van der Waals surface area (Å²) in [5, 5.41) is 5.34. The molecule has 0 fully saturated rings. The lowest BCUT2D eigenvalue weighted by atomic mass is 10.2. The lowest BCUT2D eigenvalue weighted by Crippen LogP contribution is -2.32. The molecule has 0 saturated carbocycles. The van der Waals surface area contributed by atoms with Crippen LogP contribution in [0.3, 0.4) is 0 Å². The number of carbonyl (C=O) groups is 1. The van der Waals surface area contributed by atoms with Gasteiger partial charge in [-0.2, -0.15) is 0 Å². The van der Waals surface area contributed by atoms with Crippen LogP contribution < -0.4 is 15.4 Å². The lowest BCUT2D eigenvalue weighted by molar-refractivity contribution is 0.0956. The minimum Gasteiger partial charge on any atom is -0.373 e. The second-order valence-electron chi connectivity index (χ2n) is 3.46. The molecule has 0 radical (unpaired) electrons. The van der Waals surface area contributed by atoms with Crippen molar-refractivity contribution < 1.29 is 13.2 Å². The molecule has 18 heavy (non-hydrogen) atoms. The van der Waals surface area contributed by atoms with E-state index in [1.807, 2.05) is 0 Å². The third-order valence-corrected chi connectivity index (χ3v) is 3.61. The van der Waals surface area contributed by atoms with Crippen molar-refractivity contribution >= 4 is 21.7 Å². The maximum absolute atomic E-state index is 11.7. The van der Waals surface area contributed by atoms with Crippen LogP contribution in [0.1, 0.15) is 10.4 Å². The van der Waals surface area contributed by atoms with Crippen molar-refractivity contribution in [1.82, 2.24) is 15.0 Å². The summed E-state index contributed by atoms with van der Waals surface area (Å²) in [5.74, 6) is 0.0878. The van der Waals surface area contributed by atoms with Crippen LogP contribution >= 0.6 is 0 Å². The molecule has 0 atom stereocenters. The van der Waals surface area contributed by atoms with Gasteiger partial charge in [-0.15, -0.1) is 0 Å². The molecule has 100 valence electrons. The van der Waals surface area contributed by atoms with E-state index in [-0.39, 0.29) is 18.2 Å². The highest BCUT2D eigenvalue weighted by Gasteiger charge is 2.09. The molecule has 0 aliphatic rings. The van der Waals surface area contributed by atoms with Crippen LogP contribution in [0, 0.1) is 0 Å². The SMILES string of the molecule is CNc1cc(C(=O)NCCS(=O)(=O)NC)ccn1. The summed E-state index contributed by atoms with van der Waals surface area (Å²) in [6, 6.07) is 3.14. The Labute approximate surface area is 106 Å². The van der Waals surface area contributed by atoms with Gasteiger partial charge in [-0.1, -0.05) is 0 Å². The molecule has 8 heteroatoms. The van der Waals surface area contributed by atoms with Crippen molar-refractivity contribution in [3.05, 3.63) is 23.9 Å². The Balaban J connectivity index is 2.55. The predicted molar refractivity (Wildman–Crippen MR) is 69.0 cm³/mol. The number of anilines is 1. The highest BCUT2D eigenvalue weighted by atomic mass is 32.2. The Hall–Kier alpha value is -1.67. The molecule has 0 aliphatic carbocycles. The first-order valence-electron chi connectivity index (χ1n) is 5.31. The number of hydrogen-bond donors (Lipinski definition) is 3. The summed E-state index contributed by atoms with van der Waals surface area (Å²) in [6.07, 6.45) is 1.51. The minimum absolute atomic E-state index is 0.0548. The zero-order valence-corrected chi connectivity index (χ0v) is 11.0. The first-order chi connectivity index (χ1) is 8.48. The molecule has 0 unspecified atom stereocenters. The molecular weight excluding hydrogens is 256 g/mol.